The summed E-state index contributed by atoms with van der Waals surface area (Å²) in [6.45, 7) is 2.21. The summed E-state index contributed by atoms with van der Waals surface area (Å²) in [5.74, 6) is 0.493. The maximum Gasteiger partial charge on any atom is 0.0926 e. The van der Waals surface area contributed by atoms with Gasteiger partial charge in [0.1, 0.15) is 0 Å². The highest BCUT2D eigenvalue weighted by atomic mass is 79.9. The second kappa shape index (κ2) is 3.73. The van der Waals surface area contributed by atoms with Gasteiger partial charge in [-0.3, -0.25) is 4.68 Å². The first kappa shape index (κ1) is 9.71. The third-order valence-corrected chi connectivity index (χ3v) is 3.46. The predicted octanol–water partition coefficient (Wildman–Crippen LogP) is 3.07. The van der Waals surface area contributed by atoms with Crippen molar-refractivity contribution in [3.8, 4) is 0 Å². The zero-order chi connectivity index (χ0) is 10.1. The first-order valence-electron chi connectivity index (χ1n) is 4.71. The smallest absolute Gasteiger partial charge is 0.0926 e. The summed E-state index contributed by atoms with van der Waals surface area (Å²) >= 11 is 3.51. The normalized spacial score (nSPS) is 13.4. The summed E-state index contributed by atoms with van der Waals surface area (Å²) in [5.41, 5.74) is 2.38. The molecule has 1 heterocycles. The standard InChI is InChI=1S/C11H13BrN2/c1-8(7-12)11-9-5-3-4-6-10(9)13-14(11)2/h3-6,8H,7H2,1-2H3. The molecule has 1 aromatic heterocycles. The van der Waals surface area contributed by atoms with Crippen LogP contribution in [0, 0.1) is 0 Å². The van der Waals surface area contributed by atoms with Crippen molar-refractivity contribution in [3.63, 3.8) is 0 Å². The van der Waals surface area contributed by atoms with Crippen molar-refractivity contribution in [1.29, 1.82) is 0 Å². The van der Waals surface area contributed by atoms with E-state index >= 15 is 0 Å². The van der Waals surface area contributed by atoms with E-state index in [0.29, 0.717) is 5.92 Å². The van der Waals surface area contributed by atoms with Gasteiger partial charge in [-0.05, 0) is 6.07 Å². The predicted molar refractivity (Wildman–Crippen MR) is 62.9 cm³/mol. The van der Waals surface area contributed by atoms with Crippen molar-refractivity contribution in [1.82, 2.24) is 9.78 Å². The molecule has 14 heavy (non-hydrogen) atoms. The SMILES string of the molecule is CC(CBr)c1c2ccccc2nn1C. The number of rotatable bonds is 2. The molecule has 0 aliphatic carbocycles. The lowest BCUT2D eigenvalue weighted by atomic mass is 10.1. The number of nitrogens with zero attached hydrogens (tertiary/aromatic N) is 2. The summed E-state index contributed by atoms with van der Waals surface area (Å²) in [6, 6.07) is 8.28. The minimum Gasteiger partial charge on any atom is -0.271 e. The van der Waals surface area contributed by atoms with E-state index in [9.17, 15) is 0 Å². The maximum atomic E-state index is 4.48. The average Bonchev–Trinajstić information content (AvgIpc) is 2.53. The Morgan fingerprint density at radius 2 is 2.14 bits per heavy atom. The highest BCUT2D eigenvalue weighted by Gasteiger charge is 2.13. The molecular weight excluding hydrogens is 240 g/mol. The zero-order valence-electron chi connectivity index (χ0n) is 8.37. The molecule has 0 aliphatic heterocycles. The second-order valence-electron chi connectivity index (χ2n) is 3.58. The van der Waals surface area contributed by atoms with Crippen LogP contribution in [0.4, 0.5) is 0 Å². The van der Waals surface area contributed by atoms with Crippen LogP contribution in [0.1, 0.15) is 18.5 Å². The molecule has 0 saturated heterocycles. The average molecular weight is 253 g/mol. The van der Waals surface area contributed by atoms with Gasteiger partial charge < -0.3 is 0 Å². The molecule has 74 valence electrons. The molecule has 3 heteroatoms. The quantitative estimate of drug-likeness (QED) is 0.752. The van der Waals surface area contributed by atoms with Crippen LogP contribution in [0.3, 0.4) is 0 Å². The van der Waals surface area contributed by atoms with Gasteiger partial charge in [0.25, 0.3) is 0 Å². The van der Waals surface area contributed by atoms with Crippen molar-refractivity contribution in [2.45, 2.75) is 12.8 Å². The number of halogens is 1. The molecule has 0 aliphatic rings. The number of alkyl halides is 1. The fourth-order valence-corrected chi connectivity index (χ4v) is 2.13. The molecule has 0 amide bonds. The fourth-order valence-electron chi connectivity index (χ4n) is 1.82. The summed E-state index contributed by atoms with van der Waals surface area (Å²) in [7, 11) is 2.01. The Morgan fingerprint density at radius 3 is 2.86 bits per heavy atom. The van der Waals surface area contributed by atoms with Gasteiger partial charge in [0.2, 0.25) is 0 Å². The number of hydrogen-bond acceptors (Lipinski definition) is 1. The van der Waals surface area contributed by atoms with E-state index in [0.717, 1.165) is 10.8 Å². The van der Waals surface area contributed by atoms with E-state index in [1.54, 1.807) is 0 Å². The van der Waals surface area contributed by atoms with E-state index in [1.807, 2.05) is 17.8 Å². The third kappa shape index (κ3) is 1.46. The fraction of sp³-hybridized carbons (Fsp3) is 0.364. The molecule has 0 N–H and O–H groups in total. The van der Waals surface area contributed by atoms with E-state index in [-0.39, 0.29) is 0 Å². The Morgan fingerprint density at radius 1 is 1.43 bits per heavy atom. The molecule has 1 aromatic carbocycles. The molecule has 0 saturated carbocycles. The number of aryl methyl sites for hydroxylation is 1. The largest absolute Gasteiger partial charge is 0.271 e. The number of benzene rings is 1. The van der Waals surface area contributed by atoms with Crippen LogP contribution in [0.15, 0.2) is 24.3 Å². The van der Waals surface area contributed by atoms with Gasteiger partial charge in [-0.25, -0.2) is 0 Å². The Labute approximate surface area is 92.0 Å². The number of hydrogen-bond donors (Lipinski definition) is 0. The van der Waals surface area contributed by atoms with Crippen molar-refractivity contribution in [2.75, 3.05) is 5.33 Å². The summed E-state index contributed by atoms with van der Waals surface area (Å²) < 4.78 is 1.98. The second-order valence-corrected chi connectivity index (χ2v) is 4.23. The maximum absolute atomic E-state index is 4.48. The van der Waals surface area contributed by atoms with E-state index in [2.05, 4.69) is 46.2 Å². The van der Waals surface area contributed by atoms with Crippen LogP contribution in [0.25, 0.3) is 10.9 Å². The van der Waals surface area contributed by atoms with Crippen molar-refractivity contribution >= 4 is 26.8 Å². The van der Waals surface area contributed by atoms with Gasteiger partial charge in [-0.1, -0.05) is 41.1 Å². The number of aromatic nitrogens is 2. The van der Waals surface area contributed by atoms with Crippen LogP contribution >= 0.6 is 15.9 Å². The van der Waals surface area contributed by atoms with E-state index < -0.39 is 0 Å². The lowest BCUT2D eigenvalue weighted by molar-refractivity contribution is 0.683. The van der Waals surface area contributed by atoms with Crippen LogP contribution in [-0.4, -0.2) is 15.1 Å². The van der Waals surface area contributed by atoms with Crippen LogP contribution in [-0.2, 0) is 7.05 Å². The molecular formula is C11H13BrN2. The molecule has 0 radical (unpaired) electrons. The number of fused-ring (bicyclic) bond motifs is 1. The minimum absolute atomic E-state index is 0.493. The topological polar surface area (TPSA) is 17.8 Å². The van der Waals surface area contributed by atoms with Crippen LogP contribution in [0.5, 0.6) is 0 Å². The molecule has 2 rings (SSSR count). The van der Waals surface area contributed by atoms with E-state index in [4.69, 9.17) is 0 Å². The first-order valence-corrected chi connectivity index (χ1v) is 5.83. The lowest BCUT2D eigenvalue weighted by Crippen LogP contribution is -2.03. The third-order valence-electron chi connectivity index (χ3n) is 2.48. The Hall–Kier alpha value is -0.830. The van der Waals surface area contributed by atoms with Gasteiger partial charge in [0.15, 0.2) is 0 Å². The molecule has 2 nitrogen and oxygen atoms in total. The molecule has 1 atom stereocenters. The Balaban J connectivity index is 2.67. The van der Waals surface area contributed by atoms with Gasteiger partial charge >= 0.3 is 0 Å². The molecule has 0 fully saturated rings. The van der Waals surface area contributed by atoms with Gasteiger partial charge in [-0.15, -0.1) is 0 Å². The highest BCUT2D eigenvalue weighted by Crippen LogP contribution is 2.25. The molecule has 0 bridgehead atoms. The molecule has 0 spiro atoms. The zero-order valence-corrected chi connectivity index (χ0v) is 9.95. The van der Waals surface area contributed by atoms with Gasteiger partial charge in [0, 0.05) is 29.4 Å². The van der Waals surface area contributed by atoms with Gasteiger partial charge in [-0.2, -0.15) is 5.10 Å². The lowest BCUT2D eigenvalue weighted by Gasteiger charge is -2.08. The van der Waals surface area contributed by atoms with Crippen LogP contribution < -0.4 is 0 Å². The Kier molecular flexibility index (Phi) is 2.59. The molecule has 1 unspecified atom stereocenters. The summed E-state index contributed by atoms with van der Waals surface area (Å²) in [6.07, 6.45) is 0. The monoisotopic (exact) mass is 252 g/mol. The first-order chi connectivity index (χ1) is 6.74. The summed E-state index contributed by atoms with van der Waals surface area (Å²) in [5, 5.41) is 6.71. The van der Waals surface area contributed by atoms with E-state index in [1.165, 1.54) is 11.1 Å². The van der Waals surface area contributed by atoms with Crippen LogP contribution in [0.2, 0.25) is 0 Å². The Bertz CT molecular complexity index is 447. The molecule has 2 aromatic rings. The van der Waals surface area contributed by atoms with Gasteiger partial charge in [0.05, 0.1) is 5.52 Å². The minimum atomic E-state index is 0.493. The summed E-state index contributed by atoms with van der Waals surface area (Å²) in [4.78, 5) is 0. The van der Waals surface area contributed by atoms with Crippen molar-refractivity contribution in [3.05, 3.63) is 30.0 Å². The van der Waals surface area contributed by atoms with Crippen molar-refractivity contribution in [2.24, 2.45) is 7.05 Å². The highest BCUT2D eigenvalue weighted by molar-refractivity contribution is 9.09. The van der Waals surface area contributed by atoms with Crippen molar-refractivity contribution < 1.29 is 0 Å².